The van der Waals surface area contributed by atoms with Crippen molar-refractivity contribution in [3.63, 3.8) is 0 Å². The maximum atomic E-state index is 12.2. The van der Waals surface area contributed by atoms with E-state index < -0.39 is 0 Å². The predicted molar refractivity (Wildman–Crippen MR) is 72.3 cm³/mol. The third kappa shape index (κ3) is 1.65. The molecule has 0 spiro atoms. The first-order valence-corrected chi connectivity index (χ1v) is 6.57. The second-order valence-electron chi connectivity index (χ2n) is 5.37. The van der Waals surface area contributed by atoms with Gasteiger partial charge in [0.25, 0.3) is 5.56 Å². The molecule has 3 aromatic rings. The molecule has 0 saturated heterocycles. The molecule has 4 rings (SSSR count). The van der Waals surface area contributed by atoms with E-state index in [4.69, 9.17) is 0 Å². The summed E-state index contributed by atoms with van der Waals surface area (Å²) in [5.41, 5.74) is 3.48. The lowest BCUT2D eigenvalue weighted by Gasteiger charge is -2.03. The molecule has 0 atom stereocenters. The Morgan fingerprint density at radius 1 is 1.42 bits per heavy atom. The van der Waals surface area contributed by atoms with Crippen LogP contribution in [-0.2, 0) is 6.42 Å². The summed E-state index contributed by atoms with van der Waals surface area (Å²) in [7, 11) is 0. The van der Waals surface area contributed by atoms with Crippen LogP contribution >= 0.6 is 0 Å². The molecule has 0 aromatic carbocycles. The van der Waals surface area contributed by atoms with E-state index in [9.17, 15) is 4.79 Å². The van der Waals surface area contributed by atoms with Gasteiger partial charge in [-0.3, -0.25) is 9.78 Å². The number of rotatable bonds is 2. The summed E-state index contributed by atoms with van der Waals surface area (Å²) in [6.45, 7) is 1.88. The lowest BCUT2D eigenvalue weighted by molar-refractivity contribution is 0.835. The van der Waals surface area contributed by atoms with Crippen LogP contribution in [0.25, 0.3) is 16.6 Å². The Labute approximate surface area is 109 Å². The summed E-state index contributed by atoms with van der Waals surface area (Å²) in [4.78, 5) is 19.4. The van der Waals surface area contributed by atoms with Crippen molar-refractivity contribution in [1.82, 2.24) is 19.6 Å². The van der Waals surface area contributed by atoms with Gasteiger partial charge in [0.1, 0.15) is 5.65 Å². The van der Waals surface area contributed by atoms with Crippen LogP contribution in [0.4, 0.5) is 0 Å². The highest BCUT2D eigenvalue weighted by molar-refractivity contribution is 5.80. The Bertz CT molecular complexity index is 842. The molecule has 1 aliphatic carbocycles. The van der Waals surface area contributed by atoms with E-state index in [1.54, 1.807) is 16.8 Å². The van der Waals surface area contributed by atoms with E-state index in [1.807, 2.05) is 13.1 Å². The van der Waals surface area contributed by atoms with Gasteiger partial charge in [-0.1, -0.05) is 0 Å². The molecule has 5 nitrogen and oxygen atoms in total. The van der Waals surface area contributed by atoms with Gasteiger partial charge in [0.15, 0.2) is 0 Å². The third-order valence-electron chi connectivity index (χ3n) is 3.77. The monoisotopic (exact) mass is 254 g/mol. The van der Waals surface area contributed by atoms with E-state index in [0.29, 0.717) is 5.39 Å². The van der Waals surface area contributed by atoms with Gasteiger partial charge in [0.05, 0.1) is 23.3 Å². The van der Waals surface area contributed by atoms with Crippen LogP contribution in [0.1, 0.15) is 24.1 Å². The first kappa shape index (κ1) is 10.7. The number of aromatic amines is 1. The minimum atomic E-state index is -0.0643. The van der Waals surface area contributed by atoms with Crippen LogP contribution in [-0.4, -0.2) is 19.6 Å². The van der Waals surface area contributed by atoms with Gasteiger partial charge in [-0.15, -0.1) is 0 Å². The molecule has 5 heteroatoms. The number of aromatic nitrogens is 4. The number of hydrogen-bond acceptors (Lipinski definition) is 3. The van der Waals surface area contributed by atoms with E-state index in [1.165, 1.54) is 12.8 Å². The standard InChI is InChI=1S/C14H14N4O/c1-8-4-11-12(7-15-8)18-13(17-14(11)19)10(6-16-18)5-9-2-3-9/h4,6-7,9H,2-3,5H2,1H3,(H,17,19). The summed E-state index contributed by atoms with van der Waals surface area (Å²) < 4.78 is 1.79. The molecule has 1 aliphatic rings. The molecule has 1 N–H and O–H groups in total. The number of nitrogens with one attached hydrogen (secondary N) is 1. The number of H-pyrrole nitrogens is 1. The maximum Gasteiger partial charge on any atom is 0.259 e. The number of nitrogens with zero attached hydrogens (tertiary/aromatic N) is 3. The average Bonchev–Trinajstić information content (AvgIpc) is 3.12. The van der Waals surface area contributed by atoms with Crippen molar-refractivity contribution in [3.8, 4) is 0 Å². The first-order valence-electron chi connectivity index (χ1n) is 6.57. The van der Waals surface area contributed by atoms with Crippen molar-refractivity contribution in [2.24, 2.45) is 5.92 Å². The highest BCUT2D eigenvalue weighted by Crippen LogP contribution is 2.33. The number of pyridine rings is 1. The fourth-order valence-electron chi connectivity index (χ4n) is 2.56. The predicted octanol–water partition coefficient (Wildman–Crippen LogP) is 1.83. The number of fused-ring (bicyclic) bond motifs is 3. The van der Waals surface area contributed by atoms with E-state index in [-0.39, 0.29) is 5.56 Å². The largest absolute Gasteiger partial charge is 0.306 e. The van der Waals surface area contributed by atoms with Crippen LogP contribution in [0.5, 0.6) is 0 Å². The SMILES string of the molecule is Cc1cc2c(=O)[nH]c3c(CC4CC4)cnn3c2cn1. The second kappa shape index (κ2) is 3.66. The van der Waals surface area contributed by atoms with Gasteiger partial charge in [-0.25, -0.2) is 4.52 Å². The Balaban J connectivity index is 2.04. The summed E-state index contributed by atoms with van der Waals surface area (Å²) in [6, 6.07) is 1.80. The fraction of sp³-hybridized carbons (Fsp3) is 0.357. The Kier molecular flexibility index (Phi) is 2.07. The molecule has 0 bridgehead atoms. The van der Waals surface area contributed by atoms with Gasteiger partial charge in [-0.05, 0) is 38.2 Å². The van der Waals surface area contributed by atoms with E-state index in [2.05, 4.69) is 15.1 Å². The molecule has 19 heavy (non-hydrogen) atoms. The summed E-state index contributed by atoms with van der Waals surface area (Å²) >= 11 is 0. The van der Waals surface area contributed by atoms with Crippen molar-refractivity contribution in [1.29, 1.82) is 0 Å². The number of aryl methyl sites for hydroxylation is 1. The summed E-state index contributed by atoms with van der Waals surface area (Å²) in [6.07, 6.45) is 7.17. The quantitative estimate of drug-likeness (QED) is 0.759. The van der Waals surface area contributed by atoms with Crippen LogP contribution in [0, 0.1) is 12.8 Å². The summed E-state index contributed by atoms with van der Waals surface area (Å²) in [5.74, 6) is 0.767. The molecule has 96 valence electrons. The van der Waals surface area contributed by atoms with Gasteiger partial charge in [0.2, 0.25) is 0 Å². The van der Waals surface area contributed by atoms with Crippen LogP contribution in [0.3, 0.4) is 0 Å². The minimum Gasteiger partial charge on any atom is -0.306 e. The molecule has 1 saturated carbocycles. The highest BCUT2D eigenvalue weighted by Gasteiger charge is 2.23. The zero-order chi connectivity index (χ0) is 13.0. The van der Waals surface area contributed by atoms with Crippen LogP contribution in [0.15, 0.2) is 23.3 Å². The molecule has 0 radical (unpaired) electrons. The third-order valence-corrected chi connectivity index (χ3v) is 3.77. The topological polar surface area (TPSA) is 63.0 Å². The second-order valence-corrected chi connectivity index (χ2v) is 5.37. The van der Waals surface area contributed by atoms with Crippen molar-refractivity contribution in [2.75, 3.05) is 0 Å². The number of hydrogen-bond donors (Lipinski definition) is 1. The molecule has 3 aromatic heterocycles. The van der Waals surface area contributed by atoms with Crippen molar-refractivity contribution in [3.05, 3.63) is 40.1 Å². The van der Waals surface area contributed by atoms with Crippen molar-refractivity contribution in [2.45, 2.75) is 26.2 Å². The van der Waals surface area contributed by atoms with E-state index in [0.717, 1.165) is 34.8 Å². The van der Waals surface area contributed by atoms with Gasteiger partial charge >= 0.3 is 0 Å². The first-order chi connectivity index (χ1) is 9.22. The zero-order valence-electron chi connectivity index (χ0n) is 10.7. The Hall–Kier alpha value is -2.17. The molecule has 3 heterocycles. The van der Waals surface area contributed by atoms with Gasteiger partial charge in [-0.2, -0.15) is 5.10 Å². The van der Waals surface area contributed by atoms with Crippen molar-refractivity contribution >= 4 is 16.6 Å². The smallest absolute Gasteiger partial charge is 0.259 e. The fourth-order valence-corrected chi connectivity index (χ4v) is 2.56. The normalized spacial score (nSPS) is 15.4. The Morgan fingerprint density at radius 2 is 2.26 bits per heavy atom. The van der Waals surface area contributed by atoms with Gasteiger partial charge in [0, 0.05) is 11.3 Å². The zero-order valence-corrected chi connectivity index (χ0v) is 10.7. The van der Waals surface area contributed by atoms with E-state index >= 15 is 0 Å². The molecular formula is C14H14N4O. The molecular weight excluding hydrogens is 240 g/mol. The maximum absolute atomic E-state index is 12.2. The summed E-state index contributed by atoms with van der Waals surface area (Å²) in [5, 5.41) is 5.04. The van der Waals surface area contributed by atoms with Crippen molar-refractivity contribution < 1.29 is 0 Å². The molecule has 0 amide bonds. The highest BCUT2D eigenvalue weighted by atomic mass is 16.1. The minimum absolute atomic E-state index is 0.0643. The molecule has 0 aliphatic heterocycles. The molecule has 0 unspecified atom stereocenters. The lowest BCUT2D eigenvalue weighted by atomic mass is 10.2. The van der Waals surface area contributed by atoms with Crippen LogP contribution in [0.2, 0.25) is 0 Å². The van der Waals surface area contributed by atoms with Gasteiger partial charge < -0.3 is 4.98 Å². The molecule has 1 fully saturated rings. The Morgan fingerprint density at radius 3 is 3.05 bits per heavy atom. The van der Waals surface area contributed by atoms with Crippen LogP contribution < -0.4 is 5.56 Å². The average molecular weight is 254 g/mol. The lowest BCUT2D eigenvalue weighted by Crippen LogP contribution is -2.11.